The number of carbonyl (C=O) groups excluding carboxylic acids is 2. The minimum Gasteiger partial charge on any atom is -0.493 e. The van der Waals surface area contributed by atoms with Crippen molar-refractivity contribution < 1.29 is 19.1 Å². The van der Waals surface area contributed by atoms with E-state index in [0.717, 1.165) is 5.56 Å². The monoisotopic (exact) mass is 328 g/mol. The molecule has 2 N–H and O–H groups in total. The van der Waals surface area contributed by atoms with E-state index >= 15 is 0 Å². The Hall–Kier alpha value is -3.02. The number of hydrogen-bond donors (Lipinski definition) is 2. The fourth-order valence-corrected chi connectivity index (χ4v) is 1.97. The van der Waals surface area contributed by atoms with Crippen LogP contribution < -0.4 is 20.1 Å². The van der Waals surface area contributed by atoms with Gasteiger partial charge < -0.3 is 20.1 Å². The van der Waals surface area contributed by atoms with Gasteiger partial charge in [-0.25, -0.2) is 0 Å². The van der Waals surface area contributed by atoms with Crippen molar-refractivity contribution in [3.05, 3.63) is 60.2 Å². The lowest BCUT2D eigenvalue weighted by atomic mass is 10.2. The first-order chi connectivity index (χ1) is 11.7. The number of amides is 2. The fraction of sp³-hybridized carbons (Fsp3) is 0.222. The molecular formula is C18H20N2O4. The zero-order valence-corrected chi connectivity index (χ0v) is 13.5. The van der Waals surface area contributed by atoms with Crippen LogP contribution in [0.5, 0.6) is 11.5 Å². The molecule has 0 saturated heterocycles. The third kappa shape index (κ3) is 5.64. The molecule has 2 amide bonds. The van der Waals surface area contributed by atoms with Crippen LogP contribution in [0.2, 0.25) is 0 Å². The van der Waals surface area contributed by atoms with Crippen molar-refractivity contribution in [1.82, 2.24) is 10.6 Å². The number of ether oxygens (including phenoxy) is 2. The summed E-state index contributed by atoms with van der Waals surface area (Å²) in [6, 6.07) is 16.6. The van der Waals surface area contributed by atoms with Crippen LogP contribution >= 0.6 is 0 Å². The average molecular weight is 328 g/mol. The smallest absolute Gasteiger partial charge is 0.258 e. The van der Waals surface area contributed by atoms with E-state index in [1.807, 2.05) is 36.4 Å². The molecule has 0 fully saturated rings. The van der Waals surface area contributed by atoms with E-state index in [-0.39, 0.29) is 25.0 Å². The van der Waals surface area contributed by atoms with E-state index < -0.39 is 0 Å². The van der Waals surface area contributed by atoms with E-state index in [9.17, 15) is 9.59 Å². The Morgan fingerprint density at radius 3 is 2.25 bits per heavy atom. The molecule has 0 spiro atoms. The molecule has 0 aliphatic rings. The molecule has 6 nitrogen and oxygen atoms in total. The lowest BCUT2D eigenvalue weighted by Gasteiger charge is -2.10. The summed E-state index contributed by atoms with van der Waals surface area (Å²) in [7, 11) is 1.53. The summed E-state index contributed by atoms with van der Waals surface area (Å²) < 4.78 is 10.5. The van der Waals surface area contributed by atoms with E-state index in [1.54, 1.807) is 18.2 Å². The number of carbonyl (C=O) groups is 2. The van der Waals surface area contributed by atoms with E-state index in [0.29, 0.717) is 18.0 Å². The van der Waals surface area contributed by atoms with Crippen LogP contribution in [0.1, 0.15) is 5.56 Å². The van der Waals surface area contributed by atoms with Crippen LogP contribution in [0.25, 0.3) is 0 Å². The Kier molecular flexibility index (Phi) is 6.64. The second kappa shape index (κ2) is 9.19. The minimum absolute atomic E-state index is 0.0963. The van der Waals surface area contributed by atoms with Gasteiger partial charge in [0.15, 0.2) is 18.1 Å². The van der Waals surface area contributed by atoms with Crippen LogP contribution in [-0.4, -0.2) is 32.1 Å². The highest BCUT2D eigenvalue weighted by Crippen LogP contribution is 2.25. The standard InChI is InChI=1S/C18H20N2O4/c1-23-15-9-5-6-10-16(15)24-13-18(22)20-12-17(21)19-11-14-7-3-2-4-8-14/h2-10H,11-13H2,1H3,(H,19,21)(H,20,22). The normalized spacial score (nSPS) is 9.88. The van der Waals surface area contributed by atoms with E-state index in [2.05, 4.69) is 10.6 Å². The summed E-state index contributed by atoms with van der Waals surface area (Å²) >= 11 is 0. The molecule has 0 unspecified atom stereocenters. The number of benzene rings is 2. The largest absolute Gasteiger partial charge is 0.493 e. The summed E-state index contributed by atoms with van der Waals surface area (Å²) in [5, 5.41) is 5.24. The van der Waals surface area contributed by atoms with Gasteiger partial charge in [-0.2, -0.15) is 0 Å². The fourth-order valence-electron chi connectivity index (χ4n) is 1.97. The van der Waals surface area contributed by atoms with Crippen molar-refractivity contribution in [3.63, 3.8) is 0 Å². The predicted molar refractivity (Wildman–Crippen MR) is 89.8 cm³/mol. The van der Waals surface area contributed by atoms with Crippen molar-refractivity contribution in [2.24, 2.45) is 0 Å². The van der Waals surface area contributed by atoms with Gasteiger partial charge in [-0.1, -0.05) is 42.5 Å². The number of para-hydroxylation sites is 2. The number of methoxy groups -OCH3 is 1. The molecular weight excluding hydrogens is 308 g/mol. The quantitative estimate of drug-likeness (QED) is 0.770. The molecule has 0 bridgehead atoms. The lowest BCUT2D eigenvalue weighted by Crippen LogP contribution is -2.38. The molecule has 0 heterocycles. The zero-order valence-electron chi connectivity index (χ0n) is 13.5. The first-order valence-corrected chi connectivity index (χ1v) is 7.52. The van der Waals surface area contributed by atoms with Crippen molar-refractivity contribution in [2.75, 3.05) is 20.3 Å². The Bertz CT molecular complexity index is 674. The number of nitrogens with one attached hydrogen (secondary N) is 2. The second-order valence-electron chi connectivity index (χ2n) is 4.98. The summed E-state index contributed by atoms with van der Waals surface area (Å²) in [5.41, 5.74) is 0.997. The Labute approximate surface area is 140 Å². The predicted octanol–water partition coefficient (Wildman–Crippen LogP) is 1.51. The zero-order chi connectivity index (χ0) is 17.2. The topological polar surface area (TPSA) is 76.7 Å². The van der Waals surface area contributed by atoms with Gasteiger partial charge in [0.2, 0.25) is 5.91 Å². The third-order valence-electron chi connectivity index (χ3n) is 3.21. The van der Waals surface area contributed by atoms with Crippen LogP contribution in [0, 0.1) is 0 Å². The summed E-state index contributed by atoms with van der Waals surface area (Å²) in [6.07, 6.45) is 0. The lowest BCUT2D eigenvalue weighted by molar-refractivity contribution is -0.127. The van der Waals surface area contributed by atoms with E-state index in [1.165, 1.54) is 7.11 Å². The maximum atomic E-state index is 11.7. The van der Waals surface area contributed by atoms with Crippen LogP contribution in [0.3, 0.4) is 0 Å². The molecule has 0 aromatic heterocycles. The Balaban J connectivity index is 1.68. The average Bonchev–Trinajstić information content (AvgIpc) is 2.64. The van der Waals surface area contributed by atoms with Crippen LogP contribution in [-0.2, 0) is 16.1 Å². The highest BCUT2D eigenvalue weighted by Gasteiger charge is 2.08. The molecule has 24 heavy (non-hydrogen) atoms. The number of hydrogen-bond acceptors (Lipinski definition) is 4. The molecule has 0 saturated carbocycles. The Morgan fingerprint density at radius 2 is 1.54 bits per heavy atom. The summed E-state index contributed by atoms with van der Waals surface area (Å²) in [6.45, 7) is 0.139. The summed E-state index contributed by atoms with van der Waals surface area (Å²) in [5.74, 6) is 0.384. The van der Waals surface area contributed by atoms with Gasteiger partial charge >= 0.3 is 0 Å². The van der Waals surface area contributed by atoms with Crippen LogP contribution in [0.4, 0.5) is 0 Å². The molecule has 2 rings (SSSR count). The first kappa shape index (κ1) is 17.3. The van der Waals surface area contributed by atoms with Crippen molar-refractivity contribution in [3.8, 4) is 11.5 Å². The summed E-state index contributed by atoms with van der Waals surface area (Å²) in [4.78, 5) is 23.4. The van der Waals surface area contributed by atoms with Gasteiger partial charge in [-0.3, -0.25) is 9.59 Å². The van der Waals surface area contributed by atoms with Gasteiger partial charge in [0.1, 0.15) is 0 Å². The molecule has 2 aromatic rings. The SMILES string of the molecule is COc1ccccc1OCC(=O)NCC(=O)NCc1ccccc1. The van der Waals surface area contributed by atoms with Crippen molar-refractivity contribution >= 4 is 11.8 Å². The molecule has 6 heteroatoms. The van der Waals surface area contributed by atoms with Gasteiger partial charge in [0.05, 0.1) is 13.7 Å². The second-order valence-corrected chi connectivity index (χ2v) is 4.98. The maximum Gasteiger partial charge on any atom is 0.258 e. The minimum atomic E-state index is -0.379. The van der Waals surface area contributed by atoms with Gasteiger partial charge in [0, 0.05) is 6.54 Å². The highest BCUT2D eigenvalue weighted by molar-refractivity contribution is 5.85. The van der Waals surface area contributed by atoms with Gasteiger partial charge in [-0.15, -0.1) is 0 Å². The molecule has 0 atom stereocenters. The molecule has 0 radical (unpaired) electrons. The Morgan fingerprint density at radius 1 is 0.875 bits per heavy atom. The third-order valence-corrected chi connectivity index (χ3v) is 3.21. The first-order valence-electron chi connectivity index (χ1n) is 7.52. The van der Waals surface area contributed by atoms with Crippen LogP contribution in [0.15, 0.2) is 54.6 Å². The molecule has 0 aliphatic heterocycles. The maximum absolute atomic E-state index is 11.7. The van der Waals surface area contributed by atoms with E-state index in [4.69, 9.17) is 9.47 Å². The highest BCUT2D eigenvalue weighted by atomic mass is 16.5. The van der Waals surface area contributed by atoms with Crippen molar-refractivity contribution in [1.29, 1.82) is 0 Å². The molecule has 126 valence electrons. The molecule has 2 aromatic carbocycles. The van der Waals surface area contributed by atoms with Crippen molar-refractivity contribution in [2.45, 2.75) is 6.54 Å². The van der Waals surface area contributed by atoms with Gasteiger partial charge in [-0.05, 0) is 17.7 Å². The number of rotatable bonds is 8. The van der Waals surface area contributed by atoms with Gasteiger partial charge in [0.25, 0.3) is 5.91 Å². The molecule has 0 aliphatic carbocycles.